The van der Waals surface area contributed by atoms with E-state index in [2.05, 4.69) is 17.1 Å². The molecule has 0 N–H and O–H groups in total. The van der Waals surface area contributed by atoms with Gasteiger partial charge in [-0.3, -0.25) is 0 Å². The molecule has 0 heterocycles. The molecule has 6 heteroatoms. The average Bonchev–Trinajstić information content (AvgIpc) is 2.52. The number of ether oxygens (including phenoxy) is 1. The molecule has 1 aromatic rings. The van der Waals surface area contributed by atoms with E-state index in [9.17, 15) is 9.70 Å². The summed E-state index contributed by atoms with van der Waals surface area (Å²) in [5.41, 5.74) is 0.739. The number of aryl methyl sites for hydroxylation is 1. The van der Waals surface area contributed by atoms with Crippen molar-refractivity contribution in [2.45, 2.75) is 64.9 Å². The monoisotopic (exact) mass is 341 g/mol. The molecule has 0 saturated heterocycles. The molecule has 0 fully saturated rings. The molecule has 0 saturated carbocycles. The molecular weight excluding hydrogens is 318 g/mol. The predicted octanol–water partition coefficient (Wildman–Crippen LogP) is 5.37. The van der Waals surface area contributed by atoms with Gasteiger partial charge in [0.25, 0.3) is 0 Å². The van der Waals surface area contributed by atoms with E-state index in [1.165, 1.54) is 19.3 Å². The van der Waals surface area contributed by atoms with Gasteiger partial charge in [-0.15, -0.1) is 4.91 Å². The summed E-state index contributed by atoms with van der Waals surface area (Å²) in [4.78, 5) is 27.1. The lowest BCUT2D eigenvalue weighted by atomic mass is 10.1. The van der Waals surface area contributed by atoms with Gasteiger partial charge in [0.15, 0.2) is 5.34 Å². The summed E-state index contributed by atoms with van der Waals surface area (Å²) < 4.78 is 5.29. The molecule has 23 heavy (non-hydrogen) atoms. The van der Waals surface area contributed by atoms with Crippen molar-refractivity contribution in [1.82, 2.24) is 0 Å². The number of carbonyl (C=O) groups excluding carboxylic acids is 1. The average molecular weight is 342 g/mol. The summed E-state index contributed by atoms with van der Waals surface area (Å²) in [7, 11) is 0. The lowest BCUT2D eigenvalue weighted by molar-refractivity contribution is -0.148. The van der Waals surface area contributed by atoms with Crippen LogP contribution < -0.4 is 4.74 Å². The molecule has 0 aliphatic carbocycles. The van der Waals surface area contributed by atoms with Gasteiger partial charge in [0.1, 0.15) is 5.75 Å². The van der Waals surface area contributed by atoms with E-state index in [0.29, 0.717) is 17.2 Å². The second kappa shape index (κ2) is 11.0. The van der Waals surface area contributed by atoms with Crippen molar-refractivity contribution < 1.29 is 14.4 Å². The molecule has 1 unspecified atom stereocenters. The Hall–Kier alpha value is -1.62. The van der Waals surface area contributed by atoms with Gasteiger partial charge in [0, 0.05) is 5.02 Å². The Morgan fingerprint density at radius 1 is 1.22 bits per heavy atom. The highest BCUT2D eigenvalue weighted by Gasteiger charge is 2.23. The fourth-order valence-corrected chi connectivity index (χ4v) is 2.50. The molecule has 0 radical (unpaired) electrons. The van der Waals surface area contributed by atoms with Crippen LogP contribution in [0.5, 0.6) is 5.75 Å². The molecule has 0 aliphatic rings. The Morgan fingerprint density at radius 2 is 1.91 bits per heavy atom. The van der Waals surface area contributed by atoms with Crippen LogP contribution in [0.3, 0.4) is 0 Å². The number of hydrogen-bond donors (Lipinski definition) is 0. The highest BCUT2D eigenvalue weighted by Crippen LogP contribution is 2.23. The van der Waals surface area contributed by atoms with Crippen LogP contribution in [-0.2, 0) is 9.63 Å². The zero-order valence-electron chi connectivity index (χ0n) is 13.7. The summed E-state index contributed by atoms with van der Waals surface area (Å²) in [6, 6.07) is 4.95. The van der Waals surface area contributed by atoms with Crippen LogP contribution in [0.15, 0.2) is 23.5 Å². The van der Waals surface area contributed by atoms with Crippen molar-refractivity contribution in [3.63, 3.8) is 0 Å². The second-order valence-corrected chi connectivity index (χ2v) is 5.99. The maximum Gasteiger partial charge on any atom is 0.355 e. The number of rotatable bonds is 11. The zero-order valence-corrected chi connectivity index (χ0v) is 14.5. The molecule has 1 atom stereocenters. The second-order valence-electron chi connectivity index (χ2n) is 5.56. The molecule has 0 bridgehead atoms. The molecule has 0 spiro atoms. The summed E-state index contributed by atoms with van der Waals surface area (Å²) in [6.45, 7) is 3.95. The molecule has 128 valence electrons. The van der Waals surface area contributed by atoms with Gasteiger partial charge in [0.2, 0.25) is 6.10 Å². The fourth-order valence-electron chi connectivity index (χ4n) is 2.28. The Morgan fingerprint density at radius 3 is 2.57 bits per heavy atom. The minimum atomic E-state index is -0.964. The van der Waals surface area contributed by atoms with E-state index < -0.39 is 12.1 Å². The number of hydrogen-bond acceptors (Lipinski definition) is 5. The molecule has 0 aliphatic heterocycles. The van der Waals surface area contributed by atoms with E-state index >= 15 is 0 Å². The maximum atomic E-state index is 12.1. The molecule has 0 amide bonds. The van der Waals surface area contributed by atoms with E-state index in [1.54, 1.807) is 25.1 Å². The topological polar surface area (TPSA) is 65.0 Å². The Labute approximate surface area is 142 Å². The number of halogens is 1. The number of carbonyl (C=O) groups is 1. The first-order chi connectivity index (χ1) is 11.1. The third-order valence-electron chi connectivity index (χ3n) is 3.60. The maximum absolute atomic E-state index is 12.1. The minimum Gasteiger partial charge on any atom is -0.423 e. The van der Waals surface area contributed by atoms with Gasteiger partial charge >= 0.3 is 5.97 Å². The predicted molar refractivity (Wildman–Crippen MR) is 90.5 cm³/mol. The molecule has 1 rings (SSSR count). The number of nitrogens with zero attached hydrogens (tertiary/aromatic N) is 1. The number of esters is 1. The van der Waals surface area contributed by atoms with E-state index in [1.807, 2.05) is 0 Å². The third kappa shape index (κ3) is 7.46. The first kappa shape index (κ1) is 19.4. The van der Waals surface area contributed by atoms with Gasteiger partial charge in [0.05, 0.1) is 0 Å². The van der Waals surface area contributed by atoms with Crippen molar-refractivity contribution in [2.75, 3.05) is 0 Å². The third-order valence-corrected chi connectivity index (χ3v) is 3.84. The molecule has 5 nitrogen and oxygen atoms in total. The molecule has 0 aromatic heterocycles. The summed E-state index contributed by atoms with van der Waals surface area (Å²) in [6.07, 6.45) is 5.94. The fraction of sp³-hybridized carbons (Fsp3) is 0.588. The van der Waals surface area contributed by atoms with Crippen LogP contribution in [0.2, 0.25) is 5.02 Å². The zero-order chi connectivity index (χ0) is 17.1. The molecular formula is C17H24ClNO4. The van der Waals surface area contributed by atoms with E-state index in [0.717, 1.165) is 24.8 Å². The van der Waals surface area contributed by atoms with Gasteiger partial charge in [-0.2, -0.15) is 0 Å². The van der Waals surface area contributed by atoms with Crippen molar-refractivity contribution >= 4 is 17.6 Å². The van der Waals surface area contributed by atoms with Gasteiger partial charge in [-0.05, 0) is 43.5 Å². The smallest absolute Gasteiger partial charge is 0.355 e. The normalized spacial score (nSPS) is 11.8. The van der Waals surface area contributed by atoms with Crippen LogP contribution in [0.25, 0.3) is 0 Å². The van der Waals surface area contributed by atoms with Crippen LogP contribution in [-0.4, -0.2) is 12.1 Å². The Bertz CT molecular complexity index is 507. The van der Waals surface area contributed by atoms with Crippen molar-refractivity contribution in [3.8, 4) is 5.75 Å². The summed E-state index contributed by atoms with van der Waals surface area (Å²) >= 11 is 5.86. The van der Waals surface area contributed by atoms with Gasteiger partial charge in [-0.25, -0.2) is 4.79 Å². The largest absolute Gasteiger partial charge is 0.423 e. The van der Waals surface area contributed by atoms with Crippen molar-refractivity contribution in [3.05, 3.63) is 33.7 Å². The van der Waals surface area contributed by atoms with Crippen LogP contribution in [0.1, 0.15) is 57.4 Å². The summed E-state index contributed by atoms with van der Waals surface area (Å²) in [5, 5.41) is 2.96. The number of benzene rings is 1. The van der Waals surface area contributed by atoms with Crippen molar-refractivity contribution in [1.29, 1.82) is 0 Å². The summed E-state index contributed by atoms with van der Waals surface area (Å²) in [5.74, 6) is -0.203. The lowest BCUT2D eigenvalue weighted by Gasteiger charge is -2.13. The SMILES string of the molecule is CCCCCCCCC(ON=O)C(=O)Oc1ccc(Cl)cc1C. The Balaban J connectivity index is 2.48. The highest BCUT2D eigenvalue weighted by molar-refractivity contribution is 6.30. The standard InChI is InChI=1S/C17H24ClNO4/c1-3-4-5-6-7-8-9-16(23-19-21)17(20)22-15-11-10-14(18)12-13(15)2/h10-12,16H,3-9H2,1-2H3. The Kier molecular flexibility index (Phi) is 9.29. The lowest BCUT2D eigenvalue weighted by Crippen LogP contribution is -2.27. The quantitative estimate of drug-likeness (QED) is 0.178. The number of unbranched alkanes of at least 4 members (excludes halogenated alkanes) is 5. The minimum absolute atomic E-state index is 0.404. The van der Waals surface area contributed by atoms with Gasteiger partial charge in [-0.1, -0.05) is 50.6 Å². The van der Waals surface area contributed by atoms with Gasteiger partial charge < -0.3 is 9.57 Å². The first-order valence-electron chi connectivity index (χ1n) is 8.04. The van der Waals surface area contributed by atoms with Crippen molar-refractivity contribution in [2.24, 2.45) is 5.34 Å². The van der Waals surface area contributed by atoms with E-state index in [-0.39, 0.29) is 0 Å². The van der Waals surface area contributed by atoms with Crippen LogP contribution in [0, 0.1) is 11.8 Å². The van der Waals surface area contributed by atoms with Crippen LogP contribution >= 0.6 is 11.6 Å². The van der Waals surface area contributed by atoms with E-state index in [4.69, 9.17) is 16.3 Å². The molecule has 1 aromatic carbocycles. The highest BCUT2D eigenvalue weighted by atomic mass is 35.5. The first-order valence-corrected chi connectivity index (χ1v) is 8.42. The van der Waals surface area contributed by atoms with Crippen LogP contribution in [0.4, 0.5) is 0 Å².